The van der Waals surface area contributed by atoms with Crippen molar-refractivity contribution >= 4 is 17.4 Å². The number of nitrogens with zero attached hydrogens (tertiary/aromatic N) is 1. The highest BCUT2D eigenvalue weighted by molar-refractivity contribution is 6.46. The molecule has 184 valence electrons. The van der Waals surface area contributed by atoms with Crippen LogP contribution in [0.15, 0.2) is 78.4 Å². The van der Waals surface area contributed by atoms with Gasteiger partial charge in [0.25, 0.3) is 11.7 Å². The summed E-state index contributed by atoms with van der Waals surface area (Å²) >= 11 is 0. The van der Waals surface area contributed by atoms with Crippen molar-refractivity contribution in [2.75, 3.05) is 26.4 Å². The summed E-state index contributed by atoms with van der Waals surface area (Å²) in [5, 5.41) is 11.3. The minimum atomic E-state index is -0.738. The van der Waals surface area contributed by atoms with Gasteiger partial charge in [-0.2, -0.15) is 0 Å². The number of fused-ring (bicyclic) bond motifs is 1. The van der Waals surface area contributed by atoms with Crippen molar-refractivity contribution in [2.24, 2.45) is 0 Å². The van der Waals surface area contributed by atoms with Gasteiger partial charge in [0.15, 0.2) is 11.5 Å². The molecule has 0 saturated carbocycles. The number of amides is 1. The van der Waals surface area contributed by atoms with Crippen LogP contribution in [0.5, 0.6) is 17.2 Å². The van der Waals surface area contributed by atoms with Crippen LogP contribution < -0.4 is 14.2 Å². The molecular formula is C29H27NO6. The molecule has 3 aromatic rings. The van der Waals surface area contributed by atoms with Crippen LogP contribution in [0.2, 0.25) is 0 Å². The van der Waals surface area contributed by atoms with Gasteiger partial charge < -0.3 is 24.2 Å². The largest absolute Gasteiger partial charge is 0.507 e. The van der Waals surface area contributed by atoms with Gasteiger partial charge in [-0.25, -0.2) is 0 Å². The zero-order valence-corrected chi connectivity index (χ0v) is 20.0. The second kappa shape index (κ2) is 10.2. The second-order valence-electron chi connectivity index (χ2n) is 8.59. The van der Waals surface area contributed by atoms with Gasteiger partial charge >= 0.3 is 0 Å². The molecule has 0 spiro atoms. The molecule has 2 aliphatic heterocycles. The van der Waals surface area contributed by atoms with Crippen LogP contribution in [0.4, 0.5) is 0 Å². The number of Topliss-reactive ketones (excluding diaryl/α,β-unsaturated/α-hetero) is 1. The molecule has 0 bridgehead atoms. The summed E-state index contributed by atoms with van der Waals surface area (Å²) in [5.41, 5.74) is 2.20. The first-order valence-corrected chi connectivity index (χ1v) is 12.0. The third-order valence-corrected chi connectivity index (χ3v) is 6.35. The fourth-order valence-corrected chi connectivity index (χ4v) is 4.61. The maximum Gasteiger partial charge on any atom is 0.295 e. The number of carbonyl (C=O) groups is 2. The molecule has 7 heteroatoms. The summed E-state index contributed by atoms with van der Waals surface area (Å²) in [4.78, 5) is 28.1. The Hall–Kier alpha value is -4.26. The van der Waals surface area contributed by atoms with E-state index in [1.807, 2.05) is 49.4 Å². The first-order chi connectivity index (χ1) is 17.6. The van der Waals surface area contributed by atoms with Crippen LogP contribution in [0, 0.1) is 0 Å². The normalized spacial score (nSPS) is 18.4. The number of hydrogen-bond acceptors (Lipinski definition) is 6. The highest BCUT2D eigenvalue weighted by Crippen LogP contribution is 2.41. The highest BCUT2D eigenvalue weighted by Gasteiger charge is 2.46. The number of ether oxygens (including phenoxy) is 3. The molecule has 5 rings (SSSR count). The quantitative estimate of drug-likeness (QED) is 0.301. The van der Waals surface area contributed by atoms with E-state index in [1.54, 1.807) is 30.3 Å². The van der Waals surface area contributed by atoms with Crippen LogP contribution in [-0.2, 0) is 16.0 Å². The lowest BCUT2D eigenvalue weighted by molar-refractivity contribution is -0.139. The monoisotopic (exact) mass is 485 g/mol. The first-order valence-electron chi connectivity index (χ1n) is 12.0. The van der Waals surface area contributed by atoms with E-state index in [2.05, 4.69) is 0 Å². The van der Waals surface area contributed by atoms with E-state index in [-0.39, 0.29) is 11.3 Å². The van der Waals surface area contributed by atoms with Crippen LogP contribution in [0.1, 0.15) is 29.7 Å². The molecule has 0 aromatic heterocycles. The van der Waals surface area contributed by atoms with E-state index in [1.165, 1.54) is 4.90 Å². The Kier molecular flexibility index (Phi) is 6.62. The zero-order valence-electron chi connectivity index (χ0n) is 20.0. The molecule has 36 heavy (non-hydrogen) atoms. The fourth-order valence-electron chi connectivity index (χ4n) is 4.61. The first kappa shape index (κ1) is 23.5. The Bertz CT molecular complexity index is 1300. The average Bonchev–Trinajstić information content (AvgIpc) is 3.17. The maximum atomic E-state index is 13.3. The van der Waals surface area contributed by atoms with Gasteiger partial charge in [0.05, 0.1) is 18.2 Å². The van der Waals surface area contributed by atoms with Crippen molar-refractivity contribution in [3.05, 3.63) is 95.1 Å². The number of benzene rings is 3. The molecule has 2 aliphatic rings. The molecule has 1 unspecified atom stereocenters. The molecule has 2 heterocycles. The summed E-state index contributed by atoms with van der Waals surface area (Å²) in [6, 6.07) is 21.3. The summed E-state index contributed by atoms with van der Waals surface area (Å²) in [6.45, 7) is 3.60. The standard InChI is InChI=1S/C29H27NO6/c1-2-34-22-11-8-20(9-12-22)26-25(27(31)21-10-13-23-24(18-21)36-17-16-35-23)28(32)29(33)30(26)15-14-19-6-4-3-5-7-19/h3-13,18,26,31H,2,14-17H2,1H3/b27-25-. The summed E-state index contributed by atoms with van der Waals surface area (Å²) in [6.07, 6.45) is 0.575. The maximum absolute atomic E-state index is 13.3. The van der Waals surface area contributed by atoms with Crippen LogP contribution in [0.3, 0.4) is 0 Å². The SMILES string of the molecule is CCOc1ccc(C2/C(=C(/O)c3ccc4c(c3)OCCO4)C(=O)C(=O)N2CCc2ccccc2)cc1. The second-order valence-corrected chi connectivity index (χ2v) is 8.59. The van der Waals surface area contributed by atoms with E-state index in [4.69, 9.17) is 14.2 Å². The summed E-state index contributed by atoms with van der Waals surface area (Å²) in [7, 11) is 0. The number of aliphatic hydroxyl groups is 1. The molecular weight excluding hydrogens is 458 g/mol. The number of rotatable bonds is 7. The highest BCUT2D eigenvalue weighted by atomic mass is 16.6. The molecule has 7 nitrogen and oxygen atoms in total. The molecule has 1 fully saturated rings. The fraction of sp³-hybridized carbons (Fsp3) is 0.241. The summed E-state index contributed by atoms with van der Waals surface area (Å²) in [5.74, 6) is 0.157. The topological polar surface area (TPSA) is 85.3 Å². The number of carbonyl (C=O) groups excluding carboxylic acids is 2. The summed E-state index contributed by atoms with van der Waals surface area (Å²) < 4.78 is 16.8. The number of aliphatic hydroxyl groups excluding tert-OH is 1. The number of likely N-dealkylation sites (tertiary alicyclic amines) is 1. The minimum Gasteiger partial charge on any atom is -0.507 e. The molecule has 3 aromatic carbocycles. The molecule has 1 atom stereocenters. The molecule has 1 N–H and O–H groups in total. The van der Waals surface area contributed by atoms with Crippen LogP contribution in [0.25, 0.3) is 5.76 Å². The van der Waals surface area contributed by atoms with Crippen molar-refractivity contribution < 1.29 is 28.9 Å². The minimum absolute atomic E-state index is 0.0499. The Balaban J connectivity index is 1.56. The van der Waals surface area contributed by atoms with E-state index in [9.17, 15) is 14.7 Å². The number of hydrogen-bond donors (Lipinski definition) is 1. The lowest BCUT2D eigenvalue weighted by Crippen LogP contribution is -2.31. The van der Waals surface area contributed by atoms with Crippen molar-refractivity contribution in [1.82, 2.24) is 4.90 Å². The van der Waals surface area contributed by atoms with Crippen molar-refractivity contribution in [1.29, 1.82) is 0 Å². The van der Waals surface area contributed by atoms with Gasteiger partial charge in [-0.3, -0.25) is 9.59 Å². The van der Waals surface area contributed by atoms with Gasteiger partial charge in [-0.05, 0) is 54.8 Å². The van der Waals surface area contributed by atoms with E-state index < -0.39 is 17.7 Å². The van der Waals surface area contributed by atoms with Crippen molar-refractivity contribution in [3.63, 3.8) is 0 Å². The Morgan fingerprint density at radius 1 is 0.972 bits per heavy atom. The zero-order chi connectivity index (χ0) is 25.1. The number of ketones is 1. The predicted molar refractivity (Wildman–Crippen MR) is 134 cm³/mol. The lowest BCUT2D eigenvalue weighted by atomic mass is 9.95. The predicted octanol–water partition coefficient (Wildman–Crippen LogP) is 4.52. The Morgan fingerprint density at radius 2 is 1.69 bits per heavy atom. The van der Waals surface area contributed by atoms with Crippen molar-refractivity contribution in [2.45, 2.75) is 19.4 Å². The average molecular weight is 486 g/mol. The van der Waals surface area contributed by atoms with Crippen LogP contribution in [-0.4, -0.2) is 48.1 Å². The molecule has 1 amide bonds. The van der Waals surface area contributed by atoms with Gasteiger partial charge in [0.2, 0.25) is 0 Å². The van der Waals surface area contributed by atoms with Gasteiger partial charge in [-0.1, -0.05) is 42.5 Å². The van der Waals surface area contributed by atoms with Crippen LogP contribution >= 0.6 is 0 Å². The van der Waals surface area contributed by atoms with Crippen molar-refractivity contribution in [3.8, 4) is 17.2 Å². The van der Waals surface area contributed by atoms with E-state index >= 15 is 0 Å². The third kappa shape index (κ3) is 4.52. The van der Waals surface area contributed by atoms with E-state index in [0.717, 1.165) is 5.56 Å². The third-order valence-electron chi connectivity index (χ3n) is 6.35. The molecule has 0 radical (unpaired) electrons. The Morgan fingerprint density at radius 3 is 2.42 bits per heavy atom. The molecule has 0 aliphatic carbocycles. The lowest BCUT2D eigenvalue weighted by Gasteiger charge is -2.26. The Labute approximate surface area is 209 Å². The van der Waals surface area contributed by atoms with E-state index in [0.29, 0.717) is 61.2 Å². The van der Waals surface area contributed by atoms with Gasteiger partial charge in [0, 0.05) is 12.1 Å². The molecule has 1 saturated heterocycles. The van der Waals surface area contributed by atoms with Gasteiger partial charge in [0.1, 0.15) is 24.7 Å². The smallest absolute Gasteiger partial charge is 0.295 e. The van der Waals surface area contributed by atoms with Gasteiger partial charge in [-0.15, -0.1) is 0 Å².